The lowest BCUT2D eigenvalue weighted by Gasteiger charge is -2.16. The summed E-state index contributed by atoms with van der Waals surface area (Å²) < 4.78 is 5.63. The Bertz CT molecular complexity index is 278. The highest BCUT2D eigenvalue weighted by atomic mass is 16.5. The van der Waals surface area contributed by atoms with Gasteiger partial charge >= 0.3 is 6.03 Å². The summed E-state index contributed by atoms with van der Waals surface area (Å²) in [6.07, 6.45) is 7.91. The molecule has 0 radical (unpaired) electrons. The van der Waals surface area contributed by atoms with Crippen LogP contribution in [0.4, 0.5) is 4.79 Å². The average Bonchev–Trinajstić information content (AvgIpc) is 2.88. The maximum absolute atomic E-state index is 11.4. The Balaban J connectivity index is 1.61. The van der Waals surface area contributed by atoms with Gasteiger partial charge in [0.2, 0.25) is 0 Å². The molecule has 0 aromatic rings. The number of rotatable bonds is 5. The van der Waals surface area contributed by atoms with E-state index < -0.39 is 0 Å². The zero-order chi connectivity index (χ0) is 11.4. The number of amides is 2. The van der Waals surface area contributed by atoms with Crippen LogP contribution in [0.5, 0.6) is 0 Å². The van der Waals surface area contributed by atoms with E-state index in [2.05, 4.69) is 29.7 Å². The van der Waals surface area contributed by atoms with Crippen molar-refractivity contribution in [1.82, 2.24) is 10.6 Å². The van der Waals surface area contributed by atoms with E-state index in [-0.39, 0.29) is 12.1 Å². The fourth-order valence-electron chi connectivity index (χ4n) is 2.23. The van der Waals surface area contributed by atoms with Crippen molar-refractivity contribution < 1.29 is 9.53 Å². The molecule has 2 heterocycles. The molecule has 2 aliphatic heterocycles. The lowest BCUT2D eigenvalue weighted by atomic mass is 9.94. The molecule has 3 unspecified atom stereocenters. The Hall–Kier alpha value is -1.03. The van der Waals surface area contributed by atoms with E-state index in [0.29, 0.717) is 18.6 Å². The summed E-state index contributed by atoms with van der Waals surface area (Å²) in [5, 5.41) is 5.75. The molecule has 2 rings (SSSR count). The quantitative estimate of drug-likeness (QED) is 0.548. The van der Waals surface area contributed by atoms with Crippen LogP contribution in [0.25, 0.3) is 0 Å². The summed E-state index contributed by atoms with van der Waals surface area (Å²) in [6, 6.07) is -0.0554. The van der Waals surface area contributed by atoms with Gasteiger partial charge in [-0.2, -0.15) is 0 Å². The van der Waals surface area contributed by atoms with Crippen LogP contribution >= 0.6 is 0 Å². The molecule has 1 saturated heterocycles. The Morgan fingerprint density at radius 2 is 2.31 bits per heavy atom. The van der Waals surface area contributed by atoms with Gasteiger partial charge in [-0.05, 0) is 12.8 Å². The number of carbonyl (C=O) groups excluding carboxylic acids is 1. The van der Waals surface area contributed by atoms with Crippen molar-refractivity contribution in [3.05, 3.63) is 12.2 Å². The fourth-order valence-corrected chi connectivity index (χ4v) is 2.23. The van der Waals surface area contributed by atoms with E-state index in [1.807, 2.05) is 0 Å². The van der Waals surface area contributed by atoms with Crippen molar-refractivity contribution in [2.45, 2.75) is 38.4 Å². The third kappa shape index (κ3) is 2.76. The van der Waals surface area contributed by atoms with Crippen LogP contribution in [0.2, 0.25) is 0 Å². The van der Waals surface area contributed by atoms with Crippen molar-refractivity contribution in [2.24, 2.45) is 5.92 Å². The Labute approximate surface area is 96.4 Å². The van der Waals surface area contributed by atoms with E-state index in [9.17, 15) is 4.79 Å². The van der Waals surface area contributed by atoms with E-state index in [1.165, 1.54) is 0 Å². The van der Waals surface area contributed by atoms with Crippen LogP contribution in [0.1, 0.15) is 26.2 Å². The van der Waals surface area contributed by atoms with E-state index >= 15 is 0 Å². The number of hydrogen-bond acceptors (Lipinski definition) is 2. The molecule has 4 heteroatoms. The maximum Gasteiger partial charge on any atom is 0.314 e. The predicted molar refractivity (Wildman–Crippen MR) is 62.2 cm³/mol. The molecule has 2 amide bonds. The van der Waals surface area contributed by atoms with Crippen LogP contribution < -0.4 is 10.6 Å². The maximum atomic E-state index is 11.4. The van der Waals surface area contributed by atoms with Gasteiger partial charge in [0.05, 0.1) is 12.2 Å². The third-order valence-corrected chi connectivity index (χ3v) is 3.19. The first kappa shape index (κ1) is 11.5. The molecule has 2 aliphatic rings. The van der Waals surface area contributed by atoms with Crippen molar-refractivity contribution in [1.29, 1.82) is 0 Å². The van der Waals surface area contributed by atoms with E-state index in [1.54, 1.807) is 0 Å². The number of nitrogens with one attached hydrogen (secondary N) is 2. The van der Waals surface area contributed by atoms with Gasteiger partial charge in [0.25, 0.3) is 0 Å². The monoisotopic (exact) mass is 224 g/mol. The van der Waals surface area contributed by atoms with E-state index in [4.69, 9.17) is 4.74 Å². The first-order valence-electron chi connectivity index (χ1n) is 6.15. The highest BCUT2D eigenvalue weighted by molar-refractivity contribution is 5.73. The molecular formula is C12H20N2O2. The standard InChI is InChI=1S/C12H20N2O2/c1-2-3-6-13-12(15)14-8-9-7-10-4-5-11(9)16-10/h4-5,9-11H,2-3,6-8H2,1H3,(H2,13,14,15). The molecule has 4 nitrogen and oxygen atoms in total. The van der Waals surface area contributed by atoms with Crippen molar-refractivity contribution in [3.63, 3.8) is 0 Å². The molecule has 2 N–H and O–H groups in total. The smallest absolute Gasteiger partial charge is 0.314 e. The summed E-state index contributed by atoms with van der Waals surface area (Å²) in [7, 11) is 0. The molecule has 16 heavy (non-hydrogen) atoms. The van der Waals surface area contributed by atoms with Gasteiger partial charge in [-0.3, -0.25) is 0 Å². The van der Waals surface area contributed by atoms with Gasteiger partial charge in [0, 0.05) is 19.0 Å². The molecular weight excluding hydrogens is 204 g/mol. The van der Waals surface area contributed by atoms with Crippen LogP contribution in [0.3, 0.4) is 0 Å². The SMILES string of the molecule is CCCCNC(=O)NCC1CC2C=CC1O2. The highest BCUT2D eigenvalue weighted by Crippen LogP contribution is 2.32. The first-order valence-corrected chi connectivity index (χ1v) is 6.15. The van der Waals surface area contributed by atoms with Gasteiger partial charge in [-0.15, -0.1) is 0 Å². The van der Waals surface area contributed by atoms with Crippen LogP contribution in [-0.2, 0) is 4.74 Å². The second-order valence-corrected chi connectivity index (χ2v) is 4.51. The highest BCUT2D eigenvalue weighted by Gasteiger charge is 2.36. The molecule has 3 atom stereocenters. The Kier molecular flexibility index (Phi) is 3.83. The fraction of sp³-hybridized carbons (Fsp3) is 0.750. The minimum absolute atomic E-state index is 0.0554. The Morgan fingerprint density at radius 3 is 2.94 bits per heavy atom. The summed E-state index contributed by atoms with van der Waals surface area (Å²) >= 11 is 0. The van der Waals surface area contributed by atoms with Crippen molar-refractivity contribution >= 4 is 6.03 Å². The summed E-state index contributed by atoms with van der Waals surface area (Å²) in [4.78, 5) is 11.4. The van der Waals surface area contributed by atoms with Crippen molar-refractivity contribution in [2.75, 3.05) is 13.1 Å². The number of hydrogen-bond donors (Lipinski definition) is 2. The molecule has 0 aromatic carbocycles. The number of fused-ring (bicyclic) bond motifs is 2. The van der Waals surface area contributed by atoms with Gasteiger partial charge in [-0.1, -0.05) is 25.5 Å². The molecule has 0 saturated carbocycles. The lowest BCUT2D eigenvalue weighted by molar-refractivity contribution is 0.109. The van der Waals surface area contributed by atoms with Gasteiger partial charge < -0.3 is 15.4 Å². The average molecular weight is 224 g/mol. The molecule has 0 spiro atoms. The van der Waals surface area contributed by atoms with Gasteiger partial charge in [-0.25, -0.2) is 4.79 Å². The summed E-state index contributed by atoms with van der Waals surface area (Å²) in [5.74, 6) is 0.451. The van der Waals surface area contributed by atoms with E-state index in [0.717, 1.165) is 25.8 Å². The van der Waals surface area contributed by atoms with Gasteiger partial charge in [0.1, 0.15) is 0 Å². The minimum atomic E-state index is -0.0554. The molecule has 0 aromatic heterocycles. The lowest BCUT2D eigenvalue weighted by Crippen LogP contribution is -2.40. The summed E-state index contributed by atoms with van der Waals surface area (Å²) in [6.45, 7) is 3.58. The molecule has 2 bridgehead atoms. The van der Waals surface area contributed by atoms with Crippen LogP contribution in [-0.4, -0.2) is 31.3 Å². The van der Waals surface area contributed by atoms with Crippen LogP contribution in [0, 0.1) is 5.92 Å². The largest absolute Gasteiger partial charge is 0.366 e. The third-order valence-electron chi connectivity index (χ3n) is 3.19. The van der Waals surface area contributed by atoms with Crippen molar-refractivity contribution in [3.8, 4) is 0 Å². The number of ether oxygens (including phenoxy) is 1. The summed E-state index contributed by atoms with van der Waals surface area (Å²) in [5.41, 5.74) is 0. The molecule has 90 valence electrons. The predicted octanol–water partition coefficient (Wildman–Crippen LogP) is 1.43. The normalized spacial score (nSPS) is 30.7. The second kappa shape index (κ2) is 5.34. The topological polar surface area (TPSA) is 50.4 Å². The second-order valence-electron chi connectivity index (χ2n) is 4.51. The number of carbonyl (C=O) groups is 1. The zero-order valence-corrected chi connectivity index (χ0v) is 9.74. The molecule has 0 aliphatic carbocycles. The first-order chi connectivity index (χ1) is 7.79. The Morgan fingerprint density at radius 1 is 1.44 bits per heavy atom. The van der Waals surface area contributed by atoms with Gasteiger partial charge in [0.15, 0.2) is 0 Å². The number of urea groups is 1. The molecule has 1 fully saturated rings. The number of unbranched alkanes of at least 4 members (excludes halogenated alkanes) is 1. The minimum Gasteiger partial charge on any atom is -0.366 e. The van der Waals surface area contributed by atoms with Crippen LogP contribution in [0.15, 0.2) is 12.2 Å². The zero-order valence-electron chi connectivity index (χ0n) is 9.74.